The van der Waals surface area contributed by atoms with E-state index in [1.54, 1.807) is 23.5 Å². The van der Waals surface area contributed by atoms with Gasteiger partial charge in [0, 0.05) is 100 Å². The standard InChI is InChI=1S/C38H62N8O7S2.C11H22N2O6/c1-5-26(4)34(35(40)50)44-36(51)30(21-25(2)3)43-37(52)38(13-17-53-18-14-38)45-33(49)12-20-55-24-29-8-6-7-28(41-29)23-54-19-11-32(48)42-27-9-15-46(16-10-27)22-31(39)47;12-9(17)2-1-3-10(18)13-5-4-7(15)11(19)8(16)6-14/h6-8,25-27,30,34H,5,9-24H2,1-4H3,(H2,39,47)(H2,40,50)(H,42,48)(H,43,52)(H,44,51)(H,45,49);7-8,11,14-16,19H,1-6H2,(H2,12,17)(H,13,18)/t26-,30-,34-;7-,8-,11+/m01/s1. The first-order valence-corrected chi connectivity index (χ1v) is 27.8. The lowest BCUT2D eigenvalue weighted by Gasteiger charge is -2.38. The molecule has 2 aliphatic rings. The van der Waals surface area contributed by atoms with Crippen LogP contribution in [0.25, 0.3) is 0 Å². The predicted octanol–water partition coefficient (Wildman–Crippen LogP) is -1.17. The minimum atomic E-state index is -1.46. The Bertz CT molecular complexity index is 1920. The Balaban J connectivity index is 0.000000832. The van der Waals surface area contributed by atoms with Crippen molar-refractivity contribution in [3.8, 4) is 0 Å². The molecule has 8 amide bonds. The number of piperidine rings is 1. The number of aliphatic hydroxyl groups excluding tert-OH is 4. The van der Waals surface area contributed by atoms with Crippen LogP contribution in [0.1, 0.15) is 116 Å². The summed E-state index contributed by atoms with van der Waals surface area (Å²) in [6.07, 6.45) is 0.302. The van der Waals surface area contributed by atoms with Crippen LogP contribution in [0, 0.1) is 11.8 Å². The summed E-state index contributed by atoms with van der Waals surface area (Å²) >= 11 is 3.22. The highest BCUT2D eigenvalue weighted by molar-refractivity contribution is 7.98. The molecule has 3 rings (SSSR count). The first kappa shape index (κ1) is 65.5. The molecule has 74 heavy (non-hydrogen) atoms. The molecule has 0 aromatic carbocycles. The molecule has 2 aliphatic heterocycles. The normalized spacial score (nSPS) is 17.2. The molecule has 15 N–H and O–H groups in total. The highest BCUT2D eigenvalue weighted by atomic mass is 32.2. The van der Waals surface area contributed by atoms with E-state index in [9.17, 15) is 48.6 Å². The first-order valence-electron chi connectivity index (χ1n) is 25.5. The van der Waals surface area contributed by atoms with Crippen molar-refractivity contribution in [2.45, 2.75) is 158 Å². The first-order chi connectivity index (χ1) is 35.1. The van der Waals surface area contributed by atoms with Gasteiger partial charge in [-0.2, -0.15) is 23.5 Å². The monoisotopic (exact) mass is 1080 g/mol. The lowest BCUT2D eigenvalue weighted by Crippen LogP contribution is -2.64. The molecule has 1 aromatic heterocycles. The number of ether oxygens (including phenoxy) is 1. The molecule has 0 radical (unpaired) electrons. The number of rotatable bonds is 33. The minimum Gasteiger partial charge on any atom is -0.394 e. The fourth-order valence-electron chi connectivity index (χ4n) is 7.98. The van der Waals surface area contributed by atoms with Crippen molar-refractivity contribution >= 4 is 70.8 Å². The molecule has 0 saturated carbocycles. The molecule has 0 bridgehead atoms. The van der Waals surface area contributed by atoms with Gasteiger partial charge in [-0.15, -0.1) is 0 Å². The van der Waals surface area contributed by atoms with Gasteiger partial charge in [0.1, 0.15) is 29.8 Å². The lowest BCUT2D eigenvalue weighted by atomic mass is 9.87. The fourth-order valence-corrected chi connectivity index (χ4v) is 9.66. The van der Waals surface area contributed by atoms with E-state index < -0.39 is 66.2 Å². The summed E-state index contributed by atoms with van der Waals surface area (Å²) in [6, 6.07) is 4.22. The van der Waals surface area contributed by atoms with Crippen LogP contribution in [0.4, 0.5) is 0 Å². The summed E-state index contributed by atoms with van der Waals surface area (Å²) in [5.74, 6) is -0.524. The van der Waals surface area contributed by atoms with E-state index in [-0.39, 0.29) is 106 Å². The van der Waals surface area contributed by atoms with Crippen LogP contribution in [0.3, 0.4) is 0 Å². The Morgan fingerprint density at radius 3 is 1.97 bits per heavy atom. The van der Waals surface area contributed by atoms with Crippen molar-refractivity contribution in [3.05, 3.63) is 29.6 Å². The molecule has 1 aromatic rings. The third kappa shape index (κ3) is 26.2. The minimum absolute atomic E-state index is 0.0290. The maximum Gasteiger partial charge on any atom is 0.246 e. The Morgan fingerprint density at radius 2 is 1.43 bits per heavy atom. The van der Waals surface area contributed by atoms with Crippen LogP contribution in [0.2, 0.25) is 0 Å². The van der Waals surface area contributed by atoms with Gasteiger partial charge in [-0.3, -0.25) is 48.2 Å². The quantitative estimate of drug-likeness (QED) is 0.0369. The number of thioether (sulfide) groups is 2. The topological polar surface area (TPSA) is 381 Å². The SMILES string of the molecule is CC[C@H](C)[C@H](NC(=O)[C@H](CC(C)C)NC(=O)C1(NC(=O)CCSCc2cccc(CSCCC(=O)NC3CCN(CC(N)=O)CC3)n2)CCOCC1)C(N)=O.NC(=O)CCCC(=O)NCC[C@@H](O)[C@H](O)[C@H](O)CO. The summed E-state index contributed by atoms with van der Waals surface area (Å²) in [7, 11) is 0. The summed E-state index contributed by atoms with van der Waals surface area (Å²) in [6.45, 7) is 9.40. The number of likely N-dealkylation sites (tertiary alicyclic amines) is 1. The number of primary amides is 3. The maximum atomic E-state index is 13.9. The van der Waals surface area contributed by atoms with Crippen molar-refractivity contribution in [2.75, 3.05) is 57.5 Å². The van der Waals surface area contributed by atoms with Gasteiger partial charge in [0.2, 0.25) is 47.3 Å². The number of nitrogens with zero attached hydrogens (tertiary/aromatic N) is 2. The molecular formula is C49H84N10O13S2. The maximum absolute atomic E-state index is 13.9. The number of aliphatic hydroxyl groups is 4. The number of hydrogen-bond acceptors (Lipinski definition) is 17. The molecule has 2 saturated heterocycles. The molecule has 23 nitrogen and oxygen atoms in total. The van der Waals surface area contributed by atoms with Crippen LogP contribution in [-0.2, 0) is 54.6 Å². The van der Waals surface area contributed by atoms with E-state index in [2.05, 4.69) is 26.6 Å². The number of hydrogen-bond donors (Lipinski definition) is 12. The van der Waals surface area contributed by atoms with Crippen LogP contribution >= 0.6 is 23.5 Å². The smallest absolute Gasteiger partial charge is 0.246 e. The summed E-state index contributed by atoms with van der Waals surface area (Å²) in [5, 5.41) is 50.6. The zero-order valence-electron chi connectivity index (χ0n) is 43.5. The molecule has 3 heterocycles. The number of nitrogens with one attached hydrogen (secondary N) is 5. The van der Waals surface area contributed by atoms with E-state index in [0.717, 1.165) is 37.3 Å². The van der Waals surface area contributed by atoms with Gasteiger partial charge < -0.3 is 68.9 Å². The van der Waals surface area contributed by atoms with Crippen molar-refractivity contribution in [2.24, 2.45) is 29.0 Å². The van der Waals surface area contributed by atoms with E-state index >= 15 is 0 Å². The largest absolute Gasteiger partial charge is 0.394 e. The third-order valence-corrected chi connectivity index (χ3v) is 14.5. The summed E-state index contributed by atoms with van der Waals surface area (Å²) in [4.78, 5) is 105. The third-order valence-electron chi connectivity index (χ3n) is 12.5. The predicted molar refractivity (Wildman–Crippen MR) is 281 cm³/mol. The number of nitrogens with two attached hydrogens (primary N) is 3. The number of aromatic nitrogens is 1. The molecule has 0 spiro atoms. The van der Waals surface area contributed by atoms with E-state index in [4.69, 9.17) is 37.1 Å². The van der Waals surface area contributed by atoms with Gasteiger partial charge >= 0.3 is 0 Å². The van der Waals surface area contributed by atoms with Crippen molar-refractivity contribution in [3.63, 3.8) is 0 Å². The molecule has 2 fully saturated rings. The van der Waals surface area contributed by atoms with Crippen LogP contribution in [-0.4, -0.2) is 177 Å². The van der Waals surface area contributed by atoms with Gasteiger partial charge in [-0.25, -0.2) is 0 Å². The highest BCUT2D eigenvalue weighted by Crippen LogP contribution is 2.24. The Morgan fingerprint density at radius 1 is 0.824 bits per heavy atom. The van der Waals surface area contributed by atoms with Gasteiger partial charge in [-0.05, 0) is 56.1 Å². The Kier molecular flexibility index (Phi) is 31.5. The number of carbonyl (C=O) groups is 8. The highest BCUT2D eigenvalue weighted by Gasteiger charge is 2.43. The second-order valence-corrected chi connectivity index (χ2v) is 21.5. The zero-order chi connectivity index (χ0) is 55.2. The molecule has 25 heteroatoms. The molecular weight excluding hydrogens is 1000 g/mol. The van der Waals surface area contributed by atoms with E-state index in [1.165, 1.54) is 0 Å². The van der Waals surface area contributed by atoms with Gasteiger partial charge in [0.25, 0.3) is 0 Å². The van der Waals surface area contributed by atoms with Crippen molar-refractivity contribution in [1.82, 2.24) is 36.5 Å². The van der Waals surface area contributed by atoms with E-state index in [0.29, 0.717) is 48.7 Å². The van der Waals surface area contributed by atoms with Crippen LogP contribution in [0.15, 0.2) is 18.2 Å². The summed E-state index contributed by atoms with van der Waals surface area (Å²) < 4.78 is 5.52. The average Bonchev–Trinajstić information content (AvgIpc) is 3.35. The number of amides is 8. The lowest BCUT2D eigenvalue weighted by molar-refractivity contribution is -0.140. The molecule has 6 atom stereocenters. The van der Waals surface area contributed by atoms with E-state index in [1.807, 2.05) is 50.8 Å². The fraction of sp³-hybridized carbons (Fsp3) is 0.735. The van der Waals surface area contributed by atoms with Crippen molar-refractivity contribution < 1.29 is 63.5 Å². The number of carbonyl (C=O) groups excluding carboxylic acids is 8. The van der Waals surface area contributed by atoms with Gasteiger partial charge in [0.15, 0.2) is 0 Å². The van der Waals surface area contributed by atoms with Crippen molar-refractivity contribution in [1.29, 1.82) is 0 Å². The molecule has 0 unspecified atom stereocenters. The second kappa shape index (κ2) is 35.6. The molecule has 0 aliphatic carbocycles. The number of pyridine rings is 1. The Labute approximate surface area is 443 Å². The molecule has 420 valence electrons. The Hall–Kier alpha value is -4.63. The van der Waals surface area contributed by atoms with Crippen LogP contribution < -0.4 is 43.8 Å². The zero-order valence-corrected chi connectivity index (χ0v) is 45.2. The average molecular weight is 1090 g/mol. The van der Waals surface area contributed by atoms with Gasteiger partial charge in [0.05, 0.1) is 30.6 Å². The summed E-state index contributed by atoms with van der Waals surface area (Å²) in [5.41, 5.74) is 16.4. The van der Waals surface area contributed by atoms with Crippen LogP contribution in [0.5, 0.6) is 0 Å². The van der Waals surface area contributed by atoms with Gasteiger partial charge in [-0.1, -0.05) is 40.2 Å². The second-order valence-electron chi connectivity index (χ2n) is 19.2.